The highest BCUT2D eigenvalue weighted by atomic mass is 32.1. The molecule has 0 spiro atoms. The molecule has 4 atom stereocenters. The summed E-state index contributed by atoms with van der Waals surface area (Å²) in [5.41, 5.74) is 1.40. The van der Waals surface area contributed by atoms with E-state index in [0.29, 0.717) is 12.1 Å². The van der Waals surface area contributed by atoms with Crippen molar-refractivity contribution in [3.8, 4) is 0 Å². The summed E-state index contributed by atoms with van der Waals surface area (Å²) in [6.45, 7) is 2.22. The van der Waals surface area contributed by atoms with Gasteiger partial charge in [-0.05, 0) is 68.6 Å². The van der Waals surface area contributed by atoms with Gasteiger partial charge in [0.1, 0.15) is 0 Å². The van der Waals surface area contributed by atoms with Gasteiger partial charge in [0.2, 0.25) is 0 Å². The number of nitrogens with one attached hydrogen (secondary N) is 2. The molecular formula is C18H26N2S. The van der Waals surface area contributed by atoms with Gasteiger partial charge in [-0.2, -0.15) is 0 Å². The summed E-state index contributed by atoms with van der Waals surface area (Å²) in [5.74, 6) is 1.83. The van der Waals surface area contributed by atoms with Crippen LogP contribution in [0.4, 0.5) is 0 Å². The molecule has 2 saturated carbocycles. The first-order valence-corrected chi connectivity index (χ1v) is 8.72. The quantitative estimate of drug-likeness (QED) is 0.812. The van der Waals surface area contributed by atoms with Gasteiger partial charge < -0.3 is 10.6 Å². The van der Waals surface area contributed by atoms with Gasteiger partial charge >= 0.3 is 0 Å². The van der Waals surface area contributed by atoms with Crippen molar-refractivity contribution in [2.24, 2.45) is 11.8 Å². The van der Waals surface area contributed by atoms with Crippen LogP contribution in [0.2, 0.25) is 0 Å². The van der Waals surface area contributed by atoms with Crippen LogP contribution in [0.15, 0.2) is 30.3 Å². The SMILES string of the molecule is C[C@@H](CCc1ccccc1)NC(=S)N[C@@H]1C[C@H]2CC[C@H]1C2. The molecule has 1 aromatic rings. The Kier molecular flexibility index (Phi) is 4.79. The average molecular weight is 302 g/mol. The van der Waals surface area contributed by atoms with E-state index in [1.165, 1.54) is 31.2 Å². The summed E-state index contributed by atoms with van der Waals surface area (Å²) in [6, 6.07) is 11.7. The minimum atomic E-state index is 0.420. The van der Waals surface area contributed by atoms with Crippen LogP contribution in [0.25, 0.3) is 0 Å². The fourth-order valence-corrected chi connectivity index (χ4v) is 4.31. The molecule has 0 saturated heterocycles. The topological polar surface area (TPSA) is 24.1 Å². The van der Waals surface area contributed by atoms with E-state index in [0.717, 1.165) is 29.8 Å². The first-order valence-electron chi connectivity index (χ1n) is 8.31. The first-order chi connectivity index (χ1) is 10.2. The van der Waals surface area contributed by atoms with E-state index in [4.69, 9.17) is 12.2 Å². The molecule has 1 aromatic carbocycles. The summed E-state index contributed by atoms with van der Waals surface area (Å²) in [4.78, 5) is 0. The van der Waals surface area contributed by atoms with Crippen LogP contribution in [-0.2, 0) is 6.42 Å². The molecule has 3 heteroatoms. The highest BCUT2D eigenvalue weighted by Gasteiger charge is 2.39. The molecule has 2 bridgehead atoms. The summed E-state index contributed by atoms with van der Waals surface area (Å²) in [5, 5.41) is 7.87. The van der Waals surface area contributed by atoms with Gasteiger partial charge in [0, 0.05) is 12.1 Å². The average Bonchev–Trinajstić information content (AvgIpc) is 3.08. The van der Waals surface area contributed by atoms with Crippen LogP contribution in [0.5, 0.6) is 0 Å². The summed E-state index contributed by atoms with van der Waals surface area (Å²) in [6.07, 6.45) is 7.80. The van der Waals surface area contributed by atoms with Crippen molar-refractivity contribution in [2.45, 2.75) is 57.5 Å². The lowest BCUT2D eigenvalue weighted by Gasteiger charge is -2.26. The Morgan fingerprint density at radius 1 is 1.24 bits per heavy atom. The van der Waals surface area contributed by atoms with Crippen LogP contribution in [-0.4, -0.2) is 17.2 Å². The van der Waals surface area contributed by atoms with Crippen molar-refractivity contribution in [3.63, 3.8) is 0 Å². The lowest BCUT2D eigenvalue weighted by atomic mass is 9.95. The van der Waals surface area contributed by atoms with Gasteiger partial charge in [0.25, 0.3) is 0 Å². The standard InChI is InChI=1S/C18H26N2S/c1-13(7-8-14-5-3-2-4-6-14)19-18(21)20-17-12-15-9-10-16(17)11-15/h2-6,13,15-17H,7-12H2,1H3,(H2,19,20,21)/t13-,15-,16-,17+/m0/s1. The third-order valence-corrected chi connectivity index (χ3v) is 5.38. The Hall–Kier alpha value is -1.09. The summed E-state index contributed by atoms with van der Waals surface area (Å²) >= 11 is 5.49. The van der Waals surface area contributed by atoms with Gasteiger partial charge in [-0.3, -0.25) is 0 Å². The third-order valence-electron chi connectivity index (χ3n) is 5.14. The number of hydrogen-bond acceptors (Lipinski definition) is 1. The van der Waals surface area contributed by atoms with Crippen molar-refractivity contribution in [1.29, 1.82) is 0 Å². The molecule has 0 heterocycles. The Balaban J connectivity index is 1.38. The van der Waals surface area contributed by atoms with Crippen LogP contribution < -0.4 is 10.6 Å². The van der Waals surface area contributed by atoms with Gasteiger partial charge in [-0.25, -0.2) is 0 Å². The second-order valence-corrected chi connectivity index (χ2v) is 7.23. The highest BCUT2D eigenvalue weighted by molar-refractivity contribution is 7.80. The maximum atomic E-state index is 5.49. The zero-order chi connectivity index (χ0) is 14.7. The smallest absolute Gasteiger partial charge is 0.166 e. The van der Waals surface area contributed by atoms with Crippen LogP contribution >= 0.6 is 12.2 Å². The highest BCUT2D eigenvalue weighted by Crippen LogP contribution is 2.44. The molecule has 21 heavy (non-hydrogen) atoms. The molecule has 2 nitrogen and oxygen atoms in total. The third kappa shape index (κ3) is 3.97. The molecule has 0 aromatic heterocycles. The zero-order valence-corrected chi connectivity index (χ0v) is 13.7. The number of fused-ring (bicyclic) bond motifs is 2. The largest absolute Gasteiger partial charge is 0.360 e. The Morgan fingerprint density at radius 2 is 2.05 bits per heavy atom. The van der Waals surface area contributed by atoms with Crippen molar-refractivity contribution >= 4 is 17.3 Å². The molecule has 3 rings (SSSR count). The number of hydrogen-bond donors (Lipinski definition) is 2. The molecular weight excluding hydrogens is 276 g/mol. The van der Waals surface area contributed by atoms with E-state index in [9.17, 15) is 0 Å². The number of aryl methyl sites for hydroxylation is 1. The minimum Gasteiger partial charge on any atom is -0.360 e. The fraction of sp³-hybridized carbons (Fsp3) is 0.611. The lowest BCUT2D eigenvalue weighted by Crippen LogP contribution is -2.47. The van der Waals surface area contributed by atoms with Crippen molar-refractivity contribution < 1.29 is 0 Å². The molecule has 0 unspecified atom stereocenters. The molecule has 2 N–H and O–H groups in total. The maximum Gasteiger partial charge on any atom is 0.166 e. The van der Waals surface area contributed by atoms with Crippen molar-refractivity contribution in [3.05, 3.63) is 35.9 Å². The van der Waals surface area contributed by atoms with E-state index in [2.05, 4.69) is 47.9 Å². The predicted octanol–water partition coefficient (Wildman–Crippen LogP) is 3.66. The molecule has 114 valence electrons. The van der Waals surface area contributed by atoms with Crippen LogP contribution in [0.3, 0.4) is 0 Å². The fourth-order valence-electron chi connectivity index (χ4n) is 3.96. The molecule has 2 aliphatic rings. The summed E-state index contributed by atoms with van der Waals surface area (Å²) < 4.78 is 0. The number of thiocarbonyl (C=S) groups is 1. The van der Waals surface area contributed by atoms with Crippen molar-refractivity contribution in [1.82, 2.24) is 10.6 Å². The molecule has 2 aliphatic carbocycles. The Bertz CT molecular complexity index is 473. The number of benzene rings is 1. The molecule has 2 fully saturated rings. The second kappa shape index (κ2) is 6.78. The van der Waals surface area contributed by atoms with E-state index >= 15 is 0 Å². The molecule has 0 aliphatic heterocycles. The van der Waals surface area contributed by atoms with Crippen LogP contribution in [0.1, 0.15) is 44.6 Å². The molecule has 0 amide bonds. The van der Waals surface area contributed by atoms with Gasteiger partial charge in [-0.1, -0.05) is 36.8 Å². The van der Waals surface area contributed by atoms with Gasteiger partial charge in [-0.15, -0.1) is 0 Å². The first kappa shape index (κ1) is 14.8. The maximum absolute atomic E-state index is 5.49. The van der Waals surface area contributed by atoms with E-state index in [1.807, 2.05) is 0 Å². The van der Waals surface area contributed by atoms with Crippen LogP contribution in [0, 0.1) is 11.8 Å². The van der Waals surface area contributed by atoms with Crippen molar-refractivity contribution in [2.75, 3.05) is 0 Å². The predicted molar refractivity (Wildman–Crippen MR) is 92.3 cm³/mol. The Labute approximate surface area is 133 Å². The van der Waals surface area contributed by atoms with Gasteiger partial charge in [0.15, 0.2) is 5.11 Å². The lowest BCUT2D eigenvalue weighted by molar-refractivity contribution is 0.387. The second-order valence-electron chi connectivity index (χ2n) is 6.82. The summed E-state index contributed by atoms with van der Waals surface area (Å²) in [7, 11) is 0. The monoisotopic (exact) mass is 302 g/mol. The Morgan fingerprint density at radius 3 is 2.71 bits per heavy atom. The normalized spacial score (nSPS) is 28.3. The molecule has 0 radical (unpaired) electrons. The van der Waals surface area contributed by atoms with Gasteiger partial charge in [0.05, 0.1) is 0 Å². The van der Waals surface area contributed by atoms with E-state index in [1.54, 1.807) is 0 Å². The number of rotatable bonds is 5. The minimum absolute atomic E-state index is 0.420. The van der Waals surface area contributed by atoms with E-state index < -0.39 is 0 Å². The van der Waals surface area contributed by atoms with E-state index in [-0.39, 0.29) is 0 Å². The zero-order valence-electron chi connectivity index (χ0n) is 12.8.